The van der Waals surface area contributed by atoms with Crippen molar-refractivity contribution in [1.29, 1.82) is 0 Å². The summed E-state index contributed by atoms with van der Waals surface area (Å²) in [6.45, 7) is 1.48. The third-order valence-electron chi connectivity index (χ3n) is 4.82. The van der Waals surface area contributed by atoms with Crippen LogP contribution in [0.5, 0.6) is 0 Å². The van der Waals surface area contributed by atoms with Gasteiger partial charge in [0.2, 0.25) is 0 Å². The number of hydrogen-bond acceptors (Lipinski definition) is 4. The molecule has 1 amide bonds. The largest absolute Gasteiger partial charge is 0.275 e. The first kappa shape index (κ1) is 20.2. The highest BCUT2D eigenvalue weighted by Crippen LogP contribution is 2.24. The molecule has 0 radical (unpaired) electrons. The van der Waals surface area contributed by atoms with Crippen molar-refractivity contribution in [2.75, 3.05) is 0 Å². The molecule has 0 spiro atoms. The second kappa shape index (κ2) is 8.71. The first-order chi connectivity index (χ1) is 15.0. The number of rotatable bonds is 5. The van der Waals surface area contributed by atoms with Gasteiger partial charge in [0.15, 0.2) is 0 Å². The Labute approximate surface area is 177 Å². The van der Waals surface area contributed by atoms with Gasteiger partial charge in [-0.15, -0.1) is 0 Å². The van der Waals surface area contributed by atoms with E-state index in [0.29, 0.717) is 27.7 Å². The summed E-state index contributed by atoms with van der Waals surface area (Å²) >= 11 is 0. The summed E-state index contributed by atoms with van der Waals surface area (Å²) in [4.78, 5) is 25.3. The van der Waals surface area contributed by atoms with E-state index < -0.39 is 5.91 Å². The molecule has 4 aromatic rings. The molecule has 154 valence electrons. The van der Waals surface area contributed by atoms with Crippen molar-refractivity contribution < 1.29 is 9.18 Å². The Balaban J connectivity index is 1.66. The molecule has 1 heterocycles. The third-order valence-corrected chi connectivity index (χ3v) is 4.82. The third kappa shape index (κ3) is 4.40. The van der Waals surface area contributed by atoms with Crippen molar-refractivity contribution in [1.82, 2.24) is 15.2 Å². The number of carbonyl (C=O) groups excluding carboxylic acids is 1. The lowest BCUT2D eigenvalue weighted by atomic mass is 10.1. The predicted octanol–water partition coefficient (Wildman–Crippen LogP) is 3.74. The molecule has 0 saturated heterocycles. The molecule has 0 aliphatic rings. The molecule has 0 fully saturated rings. The average molecular weight is 414 g/mol. The molecule has 0 aliphatic carbocycles. The summed E-state index contributed by atoms with van der Waals surface area (Å²) in [6, 6.07) is 22.3. The molecule has 31 heavy (non-hydrogen) atoms. The Morgan fingerprint density at radius 2 is 1.61 bits per heavy atom. The Morgan fingerprint density at radius 1 is 0.968 bits per heavy atom. The number of hydrazone groups is 1. The molecule has 1 aromatic heterocycles. The summed E-state index contributed by atoms with van der Waals surface area (Å²) < 4.78 is 14.5. The lowest BCUT2D eigenvalue weighted by molar-refractivity contribution is -0.121. The first-order valence-corrected chi connectivity index (χ1v) is 9.67. The Hall–Kier alpha value is -4.13. The highest BCUT2D eigenvalue weighted by atomic mass is 19.1. The number of carbonyl (C=O) groups is 1. The Bertz CT molecular complexity index is 1330. The molecule has 0 unspecified atom stereocenters. The van der Waals surface area contributed by atoms with Crippen LogP contribution < -0.4 is 11.0 Å². The molecule has 0 bridgehead atoms. The minimum Gasteiger partial charge on any atom is -0.271 e. The lowest BCUT2D eigenvalue weighted by Crippen LogP contribution is -2.32. The van der Waals surface area contributed by atoms with Crippen LogP contribution in [-0.4, -0.2) is 21.4 Å². The zero-order valence-electron chi connectivity index (χ0n) is 16.7. The van der Waals surface area contributed by atoms with E-state index in [-0.39, 0.29) is 17.9 Å². The van der Waals surface area contributed by atoms with E-state index in [0.717, 1.165) is 10.2 Å². The van der Waals surface area contributed by atoms with Crippen LogP contribution in [0.2, 0.25) is 0 Å². The molecular weight excluding hydrogens is 395 g/mol. The van der Waals surface area contributed by atoms with Gasteiger partial charge in [-0.3, -0.25) is 9.59 Å². The van der Waals surface area contributed by atoms with Crippen LogP contribution in [0.1, 0.15) is 12.5 Å². The van der Waals surface area contributed by atoms with Crippen molar-refractivity contribution in [2.24, 2.45) is 5.10 Å². The van der Waals surface area contributed by atoms with Crippen LogP contribution >= 0.6 is 0 Å². The summed E-state index contributed by atoms with van der Waals surface area (Å²) in [7, 11) is 0. The van der Waals surface area contributed by atoms with Gasteiger partial charge in [-0.1, -0.05) is 48.5 Å². The maximum atomic E-state index is 13.4. The standard InChI is InChI=1S/C24H19FN4O2/c1-16(17-7-3-2-4-8-17)26-27-22(30)15-29-24(31)21-10-6-5-9-20(21)23(28-29)18-11-13-19(25)14-12-18/h2-14H,15H2,1H3,(H,27,30)/b26-16+. The van der Waals surface area contributed by atoms with Crippen LogP contribution in [-0.2, 0) is 11.3 Å². The summed E-state index contributed by atoms with van der Waals surface area (Å²) in [5, 5.41) is 9.56. The van der Waals surface area contributed by atoms with Gasteiger partial charge in [0.1, 0.15) is 12.4 Å². The van der Waals surface area contributed by atoms with E-state index in [1.54, 1.807) is 43.3 Å². The SMILES string of the molecule is C/C(=N\NC(=O)Cn1nc(-c2ccc(F)cc2)c2ccccc2c1=O)c1ccccc1. The summed E-state index contributed by atoms with van der Waals surface area (Å²) in [5.74, 6) is -0.849. The van der Waals surface area contributed by atoms with Crippen LogP contribution in [0, 0.1) is 5.82 Å². The van der Waals surface area contributed by atoms with Gasteiger partial charge in [-0.05, 0) is 42.8 Å². The number of nitrogens with zero attached hydrogens (tertiary/aromatic N) is 3. The van der Waals surface area contributed by atoms with E-state index in [1.807, 2.05) is 30.3 Å². The fourth-order valence-electron chi connectivity index (χ4n) is 3.22. The Kier molecular flexibility index (Phi) is 5.66. The van der Waals surface area contributed by atoms with Crippen LogP contribution in [0.4, 0.5) is 4.39 Å². The van der Waals surface area contributed by atoms with Gasteiger partial charge in [0.05, 0.1) is 16.8 Å². The van der Waals surface area contributed by atoms with Gasteiger partial charge >= 0.3 is 0 Å². The maximum Gasteiger partial charge on any atom is 0.275 e. The molecule has 6 nitrogen and oxygen atoms in total. The zero-order chi connectivity index (χ0) is 21.8. The van der Waals surface area contributed by atoms with E-state index in [1.165, 1.54) is 12.1 Å². The highest BCUT2D eigenvalue weighted by Gasteiger charge is 2.14. The summed E-state index contributed by atoms with van der Waals surface area (Å²) in [6.07, 6.45) is 0. The van der Waals surface area contributed by atoms with Gasteiger partial charge in [0, 0.05) is 10.9 Å². The normalized spacial score (nSPS) is 11.5. The van der Waals surface area contributed by atoms with Crippen molar-refractivity contribution in [3.8, 4) is 11.3 Å². The first-order valence-electron chi connectivity index (χ1n) is 9.67. The highest BCUT2D eigenvalue weighted by molar-refractivity contribution is 5.99. The average Bonchev–Trinajstić information content (AvgIpc) is 2.80. The number of amides is 1. The zero-order valence-corrected chi connectivity index (χ0v) is 16.7. The van der Waals surface area contributed by atoms with Gasteiger partial charge in [-0.2, -0.15) is 10.2 Å². The minimum atomic E-state index is -0.481. The van der Waals surface area contributed by atoms with Gasteiger partial charge in [0.25, 0.3) is 11.5 Å². The molecule has 7 heteroatoms. The molecular formula is C24H19FN4O2. The van der Waals surface area contributed by atoms with Crippen molar-refractivity contribution in [3.63, 3.8) is 0 Å². The maximum absolute atomic E-state index is 13.4. The number of nitrogens with one attached hydrogen (secondary N) is 1. The topological polar surface area (TPSA) is 76.3 Å². The van der Waals surface area contributed by atoms with Crippen molar-refractivity contribution >= 4 is 22.4 Å². The van der Waals surface area contributed by atoms with E-state index >= 15 is 0 Å². The summed E-state index contributed by atoms with van der Waals surface area (Å²) in [5.41, 5.74) is 4.73. The number of fused-ring (bicyclic) bond motifs is 1. The second-order valence-corrected chi connectivity index (χ2v) is 6.96. The van der Waals surface area contributed by atoms with Crippen LogP contribution in [0.3, 0.4) is 0 Å². The fraction of sp³-hybridized carbons (Fsp3) is 0.0833. The number of halogens is 1. The minimum absolute atomic E-state index is 0.302. The second-order valence-electron chi connectivity index (χ2n) is 6.96. The molecule has 0 atom stereocenters. The number of hydrogen-bond donors (Lipinski definition) is 1. The van der Waals surface area contributed by atoms with Gasteiger partial charge in [-0.25, -0.2) is 14.5 Å². The molecule has 0 aliphatic heterocycles. The molecule has 0 saturated carbocycles. The molecule has 3 aromatic carbocycles. The van der Waals surface area contributed by atoms with E-state index in [2.05, 4.69) is 15.6 Å². The smallest absolute Gasteiger partial charge is 0.271 e. The van der Waals surface area contributed by atoms with Crippen molar-refractivity contribution in [3.05, 3.63) is 101 Å². The predicted molar refractivity (Wildman–Crippen MR) is 118 cm³/mol. The number of aromatic nitrogens is 2. The molecule has 4 rings (SSSR count). The van der Waals surface area contributed by atoms with Gasteiger partial charge < -0.3 is 0 Å². The molecule has 1 N–H and O–H groups in total. The van der Waals surface area contributed by atoms with Crippen LogP contribution in [0.15, 0.2) is 88.8 Å². The monoisotopic (exact) mass is 414 g/mol. The lowest BCUT2D eigenvalue weighted by Gasteiger charge is -2.11. The van der Waals surface area contributed by atoms with Crippen molar-refractivity contribution in [2.45, 2.75) is 13.5 Å². The van der Waals surface area contributed by atoms with E-state index in [9.17, 15) is 14.0 Å². The van der Waals surface area contributed by atoms with E-state index in [4.69, 9.17) is 0 Å². The quantitative estimate of drug-likeness (QED) is 0.399. The Morgan fingerprint density at radius 3 is 2.32 bits per heavy atom. The van der Waals surface area contributed by atoms with Crippen LogP contribution in [0.25, 0.3) is 22.0 Å². The fourth-order valence-corrected chi connectivity index (χ4v) is 3.22. The number of benzene rings is 3.